The summed E-state index contributed by atoms with van der Waals surface area (Å²) in [6, 6.07) is 2.21. The molecule has 0 bridgehead atoms. The van der Waals surface area contributed by atoms with E-state index in [1.165, 1.54) is 5.56 Å². The number of nitrogens with two attached hydrogens (primary N) is 1. The van der Waals surface area contributed by atoms with Crippen molar-refractivity contribution in [2.45, 2.75) is 52.1 Å². The average Bonchev–Trinajstić information content (AvgIpc) is 2.39. The Morgan fingerprint density at radius 1 is 1.32 bits per heavy atom. The minimum Gasteiger partial charge on any atom is -0.326 e. The molecule has 0 aliphatic heterocycles. The van der Waals surface area contributed by atoms with Crippen molar-refractivity contribution < 1.29 is 0 Å². The topological polar surface area (TPSA) is 42.1 Å². The summed E-state index contributed by atoms with van der Waals surface area (Å²) < 4.78 is 1.01. The summed E-state index contributed by atoms with van der Waals surface area (Å²) in [7, 11) is 0. The van der Waals surface area contributed by atoms with Crippen molar-refractivity contribution in [3.63, 3.8) is 0 Å². The van der Waals surface area contributed by atoms with Crippen LogP contribution in [0.25, 0.3) is 0 Å². The quantitative estimate of drug-likeness (QED) is 0.836. The second-order valence-electron chi connectivity index (χ2n) is 5.21. The first kappa shape index (κ1) is 16.6. The Morgan fingerprint density at radius 2 is 1.95 bits per heavy atom. The fraction of sp³-hybridized carbons (Fsp3) is 0.667. The van der Waals surface area contributed by atoms with Crippen molar-refractivity contribution in [1.82, 2.24) is 9.88 Å². The van der Waals surface area contributed by atoms with Crippen LogP contribution in [0.2, 0.25) is 0 Å². The third kappa shape index (κ3) is 4.01. The Hall–Kier alpha value is -0.450. The van der Waals surface area contributed by atoms with Gasteiger partial charge in [0.25, 0.3) is 0 Å². The molecule has 0 spiro atoms. The van der Waals surface area contributed by atoms with E-state index in [-0.39, 0.29) is 11.6 Å². The third-order valence-corrected chi connectivity index (χ3v) is 4.65. The van der Waals surface area contributed by atoms with E-state index in [0.717, 1.165) is 30.4 Å². The molecule has 2 unspecified atom stereocenters. The predicted molar refractivity (Wildman–Crippen MR) is 85.2 cm³/mol. The zero-order valence-corrected chi connectivity index (χ0v) is 14.1. The number of hydrogen-bond donors (Lipinski definition) is 1. The van der Waals surface area contributed by atoms with Crippen molar-refractivity contribution in [3.05, 3.63) is 28.5 Å². The molecule has 1 rings (SSSR count). The standard InChI is InChI=1S/C15H26BrN3/c1-5-15(4,19(6-2)7-3)14(17)9-12-8-13(16)11-18-10-12/h8,10-11,14H,5-7,9,17H2,1-4H3. The van der Waals surface area contributed by atoms with E-state index in [1.807, 2.05) is 6.20 Å². The Labute approximate surface area is 125 Å². The lowest BCUT2D eigenvalue weighted by atomic mass is 9.84. The highest BCUT2D eigenvalue weighted by atomic mass is 79.9. The molecular weight excluding hydrogens is 302 g/mol. The van der Waals surface area contributed by atoms with Gasteiger partial charge in [-0.2, -0.15) is 0 Å². The maximum Gasteiger partial charge on any atom is 0.0410 e. The minimum atomic E-state index is 0.0335. The van der Waals surface area contributed by atoms with E-state index in [1.54, 1.807) is 6.20 Å². The molecule has 1 heterocycles. The first-order chi connectivity index (χ1) is 8.97. The molecule has 108 valence electrons. The van der Waals surface area contributed by atoms with Gasteiger partial charge in [0.15, 0.2) is 0 Å². The number of halogens is 1. The number of rotatable bonds is 7. The molecule has 3 nitrogen and oxygen atoms in total. The van der Waals surface area contributed by atoms with Gasteiger partial charge >= 0.3 is 0 Å². The highest BCUT2D eigenvalue weighted by Gasteiger charge is 2.34. The lowest BCUT2D eigenvalue weighted by Crippen LogP contribution is -2.58. The summed E-state index contributed by atoms with van der Waals surface area (Å²) in [5, 5.41) is 0. The van der Waals surface area contributed by atoms with Crippen LogP contribution in [0, 0.1) is 0 Å². The SMILES string of the molecule is CCN(CC)C(C)(CC)C(N)Cc1cncc(Br)c1. The van der Waals surface area contributed by atoms with Gasteiger partial charge in [-0.1, -0.05) is 20.8 Å². The summed E-state index contributed by atoms with van der Waals surface area (Å²) in [5.41, 5.74) is 7.73. The molecule has 1 aromatic heterocycles. The molecule has 0 aliphatic rings. The van der Waals surface area contributed by atoms with Gasteiger partial charge < -0.3 is 5.73 Å². The Morgan fingerprint density at radius 3 is 2.42 bits per heavy atom. The summed E-state index contributed by atoms with van der Waals surface area (Å²) in [5.74, 6) is 0. The molecule has 4 heteroatoms. The van der Waals surface area contributed by atoms with Gasteiger partial charge in [0.05, 0.1) is 0 Å². The second kappa shape index (κ2) is 7.36. The van der Waals surface area contributed by atoms with Gasteiger partial charge in [0, 0.05) is 28.4 Å². The van der Waals surface area contributed by atoms with Crippen LogP contribution in [0.3, 0.4) is 0 Å². The van der Waals surface area contributed by atoms with Gasteiger partial charge in [-0.3, -0.25) is 9.88 Å². The van der Waals surface area contributed by atoms with E-state index < -0.39 is 0 Å². The predicted octanol–water partition coefficient (Wildman–Crippen LogP) is 3.22. The molecule has 0 aliphatic carbocycles. The van der Waals surface area contributed by atoms with E-state index in [9.17, 15) is 0 Å². The van der Waals surface area contributed by atoms with E-state index >= 15 is 0 Å². The van der Waals surface area contributed by atoms with Crippen molar-refractivity contribution in [2.75, 3.05) is 13.1 Å². The number of aromatic nitrogens is 1. The summed E-state index contributed by atoms with van der Waals surface area (Å²) >= 11 is 3.46. The first-order valence-corrected chi connectivity index (χ1v) is 7.87. The zero-order valence-electron chi connectivity index (χ0n) is 12.5. The lowest BCUT2D eigenvalue weighted by molar-refractivity contribution is 0.0845. The lowest BCUT2D eigenvalue weighted by Gasteiger charge is -2.44. The van der Waals surface area contributed by atoms with Crippen LogP contribution in [0.5, 0.6) is 0 Å². The van der Waals surface area contributed by atoms with E-state index in [2.05, 4.69) is 59.6 Å². The zero-order chi connectivity index (χ0) is 14.5. The molecule has 19 heavy (non-hydrogen) atoms. The molecule has 2 atom stereocenters. The smallest absolute Gasteiger partial charge is 0.0410 e. The van der Waals surface area contributed by atoms with Gasteiger partial charge in [-0.05, 0) is 60.4 Å². The molecule has 0 radical (unpaired) electrons. The second-order valence-corrected chi connectivity index (χ2v) is 6.12. The van der Waals surface area contributed by atoms with Crippen molar-refractivity contribution in [3.8, 4) is 0 Å². The van der Waals surface area contributed by atoms with Crippen LogP contribution < -0.4 is 5.73 Å². The Kier molecular flexibility index (Phi) is 6.43. The van der Waals surface area contributed by atoms with Crippen LogP contribution in [-0.4, -0.2) is 34.6 Å². The highest BCUT2D eigenvalue weighted by Crippen LogP contribution is 2.25. The Balaban J connectivity index is 2.87. The molecule has 2 N–H and O–H groups in total. The van der Waals surface area contributed by atoms with Crippen LogP contribution >= 0.6 is 15.9 Å². The molecule has 0 saturated carbocycles. The third-order valence-electron chi connectivity index (χ3n) is 4.22. The van der Waals surface area contributed by atoms with Crippen LogP contribution in [0.4, 0.5) is 0 Å². The van der Waals surface area contributed by atoms with Gasteiger partial charge in [0.1, 0.15) is 0 Å². The fourth-order valence-corrected chi connectivity index (χ4v) is 3.12. The number of likely N-dealkylation sites (N-methyl/N-ethyl adjacent to an activating group) is 1. The molecule has 0 aromatic carbocycles. The van der Waals surface area contributed by atoms with Crippen LogP contribution in [-0.2, 0) is 6.42 Å². The van der Waals surface area contributed by atoms with Crippen LogP contribution in [0.1, 0.15) is 39.7 Å². The van der Waals surface area contributed by atoms with Gasteiger partial charge in [-0.25, -0.2) is 0 Å². The molecular formula is C15H26BrN3. The van der Waals surface area contributed by atoms with Crippen molar-refractivity contribution in [1.29, 1.82) is 0 Å². The van der Waals surface area contributed by atoms with Crippen LogP contribution in [0.15, 0.2) is 22.9 Å². The molecule has 0 amide bonds. The molecule has 0 saturated heterocycles. The summed E-state index contributed by atoms with van der Waals surface area (Å²) in [4.78, 5) is 6.68. The number of hydrogen-bond acceptors (Lipinski definition) is 3. The van der Waals surface area contributed by atoms with Crippen molar-refractivity contribution >= 4 is 15.9 Å². The van der Waals surface area contributed by atoms with Gasteiger partial charge in [0.2, 0.25) is 0 Å². The number of pyridine rings is 1. The molecule has 0 fully saturated rings. The minimum absolute atomic E-state index is 0.0335. The maximum atomic E-state index is 6.51. The Bertz CT molecular complexity index is 393. The molecule has 1 aromatic rings. The summed E-state index contributed by atoms with van der Waals surface area (Å²) in [6.45, 7) is 11.0. The highest BCUT2D eigenvalue weighted by molar-refractivity contribution is 9.10. The number of nitrogens with zero attached hydrogens (tertiary/aromatic N) is 2. The van der Waals surface area contributed by atoms with Crippen molar-refractivity contribution in [2.24, 2.45) is 5.73 Å². The average molecular weight is 328 g/mol. The first-order valence-electron chi connectivity index (χ1n) is 7.07. The maximum absolute atomic E-state index is 6.51. The monoisotopic (exact) mass is 327 g/mol. The normalized spacial score (nSPS) is 16.4. The summed E-state index contributed by atoms with van der Waals surface area (Å²) in [6.07, 6.45) is 5.62. The van der Waals surface area contributed by atoms with E-state index in [0.29, 0.717) is 0 Å². The largest absolute Gasteiger partial charge is 0.326 e. The van der Waals surface area contributed by atoms with E-state index in [4.69, 9.17) is 5.73 Å². The van der Waals surface area contributed by atoms with Gasteiger partial charge in [-0.15, -0.1) is 0 Å². The fourth-order valence-electron chi connectivity index (χ4n) is 2.71.